The topological polar surface area (TPSA) is 38.8 Å². The molecule has 138 valence electrons. The summed E-state index contributed by atoms with van der Waals surface area (Å²) in [7, 11) is 0. The number of para-hydroxylation sites is 1. The van der Waals surface area contributed by atoms with Gasteiger partial charge in [-0.1, -0.05) is 36.4 Å². The first-order valence-corrected chi connectivity index (χ1v) is 9.07. The van der Waals surface area contributed by atoms with Crippen LogP contribution in [-0.2, 0) is 4.74 Å². The Kier molecular flexibility index (Phi) is 5.05. The maximum absolute atomic E-state index is 12.4. The largest absolute Gasteiger partial charge is 0.459 e. The Bertz CT molecular complexity index is 722. The minimum absolute atomic E-state index is 0.150. The summed E-state index contributed by atoms with van der Waals surface area (Å²) < 4.78 is 5.83. The lowest BCUT2D eigenvalue weighted by molar-refractivity contribution is -0.234. The number of nitrogens with zero attached hydrogens (tertiary/aromatic N) is 1. The van der Waals surface area contributed by atoms with Gasteiger partial charge in [-0.15, -0.1) is 5.06 Å². The summed E-state index contributed by atoms with van der Waals surface area (Å²) in [5.74, 6) is 0.549. The molecule has 3 rings (SSSR count). The Balaban J connectivity index is 1.73. The van der Waals surface area contributed by atoms with Crippen molar-refractivity contribution in [2.75, 3.05) is 0 Å². The first-order valence-electron chi connectivity index (χ1n) is 9.07. The fourth-order valence-electron chi connectivity index (χ4n) is 3.88. The Morgan fingerprint density at radius 3 is 1.92 bits per heavy atom. The van der Waals surface area contributed by atoms with Gasteiger partial charge in [0.25, 0.3) is 0 Å². The Labute approximate surface area is 155 Å². The number of carbonyl (C=O) groups excluding carboxylic acids is 1. The summed E-state index contributed by atoms with van der Waals surface area (Å²) in [5.41, 5.74) is 0.0319. The first-order chi connectivity index (χ1) is 12.3. The summed E-state index contributed by atoms with van der Waals surface area (Å²) in [6.07, 6.45) is 1.27. The molecular formula is C22H27NO3. The van der Waals surface area contributed by atoms with Crippen molar-refractivity contribution in [3.63, 3.8) is 0 Å². The average Bonchev–Trinajstić information content (AvgIpc) is 2.59. The van der Waals surface area contributed by atoms with Gasteiger partial charge >= 0.3 is 5.97 Å². The zero-order chi connectivity index (χ0) is 18.8. The number of hydrogen-bond donors (Lipinski definition) is 0. The zero-order valence-electron chi connectivity index (χ0n) is 15.9. The Morgan fingerprint density at radius 1 is 0.885 bits per heavy atom. The van der Waals surface area contributed by atoms with Gasteiger partial charge in [0.15, 0.2) is 0 Å². The number of benzene rings is 2. The molecule has 1 fully saturated rings. The van der Waals surface area contributed by atoms with E-state index in [-0.39, 0.29) is 23.2 Å². The van der Waals surface area contributed by atoms with E-state index >= 15 is 0 Å². The second-order valence-corrected chi connectivity index (χ2v) is 8.13. The standard InChI is InChI=1S/C22H27NO3/c1-21(2)15-19(25-20(24)17-11-7-5-8-12-17)16-22(3,4)23(21)26-18-13-9-6-10-14-18/h5-14,19H,15-16H2,1-4H3. The number of hydrogen-bond acceptors (Lipinski definition) is 4. The van der Waals surface area contributed by atoms with Crippen LogP contribution in [0, 0.1) is 0 Å². The van der Waals surface area contributed by atoms with Crippen molar-refractivity contribution in [3.8, 4) is 5.75 Å². The maximum atomic E-state index is 12.4. The predicted molar refractivity (Wildman–Crippen MR) is 102 cm³/mol. The number of ether oxygens (including phenoxy) is 1. The lowest BCUT2D eigenvalue weighted by atomic mass is 9.80. The molecule has 2 aromatic carbocycles. The highest BCUT2D eigenvalue weighted by molar-refractivity contribution is 5.89. The number of rotatable bonds is 4. The monoisotopic (exact) mass is 353 g/mol. The van der Waals surface area contributed by atoms with Crippen molar-refractivity contribution < 1.29 is 14.4 Å². The van der Waals surface area contributed by atoms with Crippen LogP contribution in [0.15, 0.2) is 60.7 Å². The van der Waals surface area contributed by atoms with Crippen LogP contribution in [0.2, 0.25) is 0 Å². The van der Waals surface area contributed by atoms with Crippen molar-refractivity contribution in [1.29, 1.82) is 0 Å². The molecule has 0 amide bonds. The van der Waals surface area contributed by atoms with Crippen LogP contribution in [-0.4, -0.2) is 28.2 Å². The van der Waals surface area contributed by atoms with Gasteiger partial charge in [-0.3, -0.25) is 0 Å². The number of hydroxylamine groups is 2. The van der Waals surface area contributed by atoms with Crippen LogP contribution in [0.4, 0.5) is 0 Å². The third-order valence-corrected chi connectivity index (χ3v) is 4.78. The van der Waals surface area contributed by atoms with Crippen LogP contribution >= 0.6 is 0 Å². The molecule has 0 atom stereocenters. The summed E-state index contributed by atoms with van der Waals surface area (Å²) in [4.78, 5) is 18.7. The second-order valence-electron chi connectivity index (χ2n) is 8.13. The van der Waals surface area contributed by atoms with Gasteiger partial charge in [-0.05, 0) is 52.0 Å². The van der Waals surface area contributed by atoms with Crippen LogP contribution in [0.25, 0.3) is 0 Å². The highest BCUT2D eigenvalue weighted by Gasteiger charge is 2.48. The molecule has 4 nitrogen and oxygen atoms in total. The van der Waals surface area contributed by atoms with Crippen LogP contribution < -0.4 is 4.84 Å². The molecule has 1 saturated heterocycles. The zero-order valence-corrected chi connectivity index (χ0v) is 15.9. The highest BCUT2D eigenvalue weighted by Crippen LogP contribution is 2.40. The minimum atomic E-state index is -0.279. The van der Waals surface area contributed by atoms with Crippen molar-refractivity contribution in [1.82, 2.24) is 5.06 Å². The molecule has 0 radical (unpaired) electrons. The minimum Gasteiger partial charge on any atom is -0.459 e. The van der Waals surface area contributed by atoms with Crippen molar-refractivity contribution in [2.45, 2.75) is 57.7 Å². The van der Waals surface area contributed by atoms with Crippen LogP contribution in [0.5, 0.6) is 5.75 Å². The third kappa shape index (κ3) is 4.07. The van der Waals surface area contributed by atoms with Crippen LogP contribution in [0.1, 0.15) is 50.9 Å². The molecule has 2 aromatic rings. The Morgan fingerprint density at radius 2 is 1.38 bits per heavy atom. The van der Waals surface area contributed by atoms with E-state index in [1.807, 2.05) is 53.6 Å². The van der Waals surface area contributed by atoms with Crippen molar-refractivity contribution >= 4 is 5.97 Å². The van der Waals surface area contributed by atoms with Crippen molar-refractivity contribution in [2.24, 2.45) is 0 Å². The smallest absolute Gasteiger partial charge is 0.338 e. The molecule has 0 bridgehead atoms. The highest BCUT2D eigenvalue weighted by atomic mass is 16.7. The van der Waals surface area contributed by atoms with Gasteiger partial charge in [-0.25, -0.2) is 4.79 Å². The molecule has 0 spiro atoms. The summed E-state index contributed by atoms with van der Waals surface area (Å²) in [6.45, 7) is 8.50. The molecular weight excluding hydrogens is 326 g/mol. The van der Waals surface area contributed by atoms with Gasteiger partial charge in [0, 0.05) is 12.8 Å². The van der Waals surface area contributed by atoms with E-state index in [1.54, 1.807) is 12.1 Å². The average molecular weight is 353 g/mol. The SMILES string of the molecule is CC1(C)CC(OC(=O)c2ccccc2)CC(C)(C)N1Oc1ccccc1. The summed E-state index contributed by atoms with van der Waals surface area (Å²) >= 11 is 0. The molecule has 0 N–H and O–H groups in total. The Hall–Kier alpha value is -2.33. The first kappa shape index (κ1) is 18.5. The van der Waals surface area contributed by atoms with Gasteiger partial charge < -0.3 is 9.57 Å². The molecule has 1 aliphatic rings. The molecule has 26 heavy (non-hydrogen) atoms. The number of piperidine rings is 1. The molecule has 0 saturated carbocycles. The van der Waals surface area contributed by atoms with E-state index in [4.69, 9.17) is 9.57 Å². The quantitative estimate of drug-likeness (QED) is 0.736. The molecule has 0 aromatic heterocycles. The molecule has 0 aliphatic carbocycles. The molecule has 0 unspecified atom stereocenters. The fraction of sp³-hybridized carbons (Fsp3) is 0.409. The predicted octanol–water partition coefficient (Wildman–Crippen LogP) is 4.86. The van der Waals surface area contributed by atoms with Gasteiger partial charge in [-0.2, -0.15) is 0 Å². The second kappa shape index (κ2) is 7.12. The van der Waals surface area contributed by atoms with E-state index in [0.29, 0.717) is 18.4 Å². The summed E-state index contributed by atoms with van der Waals surface area (Å²) in [6, 6.07) is 19.0. The van der Waals surface area contributed by atoms with Gasteiger partial charge in [0.1, 0.15) is 11.9 Å². The van der Waals surface area contributed by atoms with E-state index in [2.05, 4.69) is 27.7 Å². The number of esters is 1. The van der Waals surface area contributed by atoms with E-state index in [9.17, 15) is 4.79 Å². The number of carbonyl (C=O) groups is 1. The molecule has 1 aliphatic heterocycles. The summed E-state index contributed by atoms with van der Waals surface area (Å²) in [5, 5.41) is 2.04. The van der Waals surface area contributed by atoms with Crippen molar-refractivity contribution in [3.05, 3.63) is 66.2 Å². The normalized spacial score (nSPS) is 19.7. The molecule has 1 heterocycles. The molecule has 4 heteroatoms. The lowest BCUT2D eigenvalue weighted by Gasteiger charge is -2.52. The van der Waals surface area contributed by atoms with Gasteiger partial charge in [0.2, 0.25) is 0 Å². The lowest BCUT2D eigenvalue weighted by Crippen LogP contribution is -2.63. The van der Waals surface area contributed by atoms with E-state index in [1.165, 1.54) is 0 Å². The fourth-order valence-corrected chi connectivity index (χ4v) is 3.88. The third-order valence-electron chi connectivity index (χ3n) is 4.78. The van der Waals surface area contributed by atoms with E-state index in [0.717, 1.165) is 5.75 Å². The van der Waals surface area contributed by atoms with Gasteiger partial charge in [0.05, 0.1) is 16.6 Å². The van der Waals surface area contributed by atoms with Crippen LogP contribution in [0.3, 0.4) is 0 Å². The maximum Gasteiger partial charge on any atom is 0.338 e. The van der Waals surface area contributed by atoms with E-state index < -0.39 is 0 Å².